The van der Waals surface area contributed by atoms with Gasteiger partial charge in [0.05, 0.1) is 37.0 Å². The van der Waals surface area contributed by atoms with E-state index in [2.05, 4.69) is 4.98 Å². The molecule has 1 aromatic carbocycles. The summed E-state index contributed by atoms with van der Waals surface area (Å²) in [7, 11) is 3.15. The third kappa shape index (κ3) is 2.29. The van der Waals surface area contributed by atoms with Crippen molar-refractivity contribution in [2.24, 2.45) is 0 Å². The molecule has 4 nitrogen and oxygen atoms in total. The van der Waals surface area contributed by atoms with E-state index in [1.54, 1.807) is 14.2 Å². The van der Waals surface area contributed by atoms with Gasteiger partial charge in [0.15, 0.2) is 4.47 Å². The van der Waals surface area contributed by atoms with Crippen molar-refractivity contribution in [3.63, 3.8) is 0 Å². The van der Waals surface area contributed by atoms with Crippen molar-refractivity contribution in [1.82, 2.24) is 4.98 Å². The van der Waals surface area contributed by atoms with Crippen molar-refractivity contribution in [2.45, 2.75) is 6.61 Å². The zero-order valence-electron chi connectivity index (χ0n) is 9.94. The summed E-state index contributed by atoms with van der Waals surface area (Å²) in [5.41, 5.74) is 1.30. The maximum Gasteiger partial charge on any atom is 0.184 e. The van der Waals surface area contributed by atoms with Crippen molar-refractivity contribution >= 4 is 22.9 Å². The highest BCUT2D eigenvalue weighted by Crippen LogP contribution is 2.41. The number of hydrogen-bond donors (Lipinski definition) is 1. The Morgan fingerprint density at radius 2 is 1.89 bits per heavy atom. The van der Waals surface area contributed by atoms with Gasteiger partial charge in [0, 0.05) is 0 Å². The molecule has 18 heavy (non-hydrogen) atoms. The predicted octanol–water partition coefficient (Wildman–Crippen LogP) is 2.97. The van der Waals surface area contributed by atoms with Gasteiger partial charge in [0.2, 0.25) is 0 Å². The minimum absolute atomic E-state index is 0.124. The molecule has 0 aliphatic rings. The van der Waals surface area contributed by atoms with Crippen LogP contribution in [0.4, 0.5) is 0 Å². The molecule has 0 saturated heterocycles. The normalized spacial score (nSPS) is 10.4. The van der Waals surface area contributed by atoms with E-state index in [-0.39, 0.29) is 6.61 Å². The fourth-order valence-electron chi connectivity index (χ4n) is 1.71. The highest BCUT2D eigenvalue weighted by atomic mass is 35.5. The van der Waals surface area contributed by atoms with Crippen LogP contribution in [0.25, 0.3) is 11.3 Å². The fourth-order valence-corrected chi connectivity index (χ4v) is 2.72. The van der Waals surface area contributed by atoms with E-state index in [1.165, 1.54) is 11.3 Å². The van der Waals surface area contributed by atoms with Crippen LogP contribution in [-0.2, 0) is 6.61 Å². The Hall–Kier alpha value is -1.30. The van der Waals surface area contributed by atoms with Crippen LogP contribution in [-0.4, -0.2) is 24.3 Å². The molecule has 0 aliphatic heterocycles. The number of aromatic nitrogens is 1. The Labute approximate surface area is 114 Å². The number of nitrogens with zero attached hydrogens (tertiary/aromatic N) is 1. The van der Waals surface area contributed by atoms with Crippen LogP contribution < -0.4 is 9.47 Å². The van der Waals surface area contributed by atoms with Crippen LogP contribution in [0.5, 0.6) is 11.5 Å². The molecule has 0 atom stereocenters. The molecule has 0 saturated carbocycles. The summed E-state index contributed by atoms with van der Waals surface area (Å²) >= 11 is 7.14. The smallest absolute Gasteiger partial charge is 0.184 e. The predicted molar refractivity (Wildman–Crippen MR) is 71.6 cm³/mol. The van der Waals surface area contributed by atoms with Gasteiger partial charge in [-0.3, -0.25) is 0 Å². The second kappa shape index (κ2) is 5.56. The third-order valence-corrected chi connectivity index (χ3v) is 3.62. The number of rotatable bonds is 4. The summed E-state index contributed by atoms with van der Waals surface area (Å²) in [6.07, 6.45) is 0. The molecule has 2 rings (SSSR count). The van der Waals surface area contributed by atoms with E-state index in [9.17, 15) is 5.11 Å². The van der Waals surface area contributed by atoms with Crippen LogP contribution >= 0.6 is 22.9 Å². The number of halogens is 1. The Morgan fingerprint density at radius 1 is 1.28 bits per heavy atom. The monoisotopic (exact) mass is 285 g/mol. The first-order chi connectivity index (χ1) is 8.71. The number of aliphatic hydroxyl groups excluding tert-OH is 1. The van der Waals surface area contributed by atoms with E-state index in [1.807, 2.05) is 18.2 Å². The molecule has 0 spiro atoms. The molecule has 6 heteroatoms. The second-order valence-corrected chi connectivity index (χ2v) is 5.10. The molecular weight excluding hydrogens is 274 g/mol. The lowest BCUT2D eigenvalue weighted by molar-refractivity contribution is 0.285. The molecule has 2 aromatic rings. The number of thiazole rings is 1. The quantitative estimate of drug-likeness (QED) is 0.938. The van der Waals surface area contributed by atoms with Crippen molar-refractivity contribution in [3.8, 4) is 22.8 Å². The van der Waals surface area contributed by atoms with Gasteiger partial charge in [-0.05, 0) is 12.1 Å². The average Bonchev–Trinajstić information content (AvgIpc) is 2.78. The van der Waals surface area contributed by atoms with E-state index in [0.29, 0.717) is 32.1 Å². The van der Waals surface area contributed by atoms with Gasteiger partial charge < -0.3 is 14.6 Å². The molecule has 0 radical (unpaired) electrons. The number of benzene rings is 1. The molecule has 0 bridgehead atoms. The highest BCUT2D eigenvalue weighted by molar-refractivity contribution is 7.16. The lowest BCUT2D eigenvalue weighted by atomic mass is 10.1. The van der Waals surface area contributed by atoms with Gasteiger partial charge in [0.1, 0.15) is 11.5 Å². The lowest BCUT2D eigenvalue weighted by Crippen LogP contribution is -1.95. The molecular formula is C12H12ClNO3S. The Balaban J connectivity index is 2.68. The molecule has 0 unspecified atom stereocenters. The molecule has 0 aliphatic carbocycles. The van der Waals surface area contributed by atoms with Gasteiger partial charge in [-0.15, -0.1) is 11.3 Å². The Morgan fingerprint density at radius 3 is 2.39 bits per heavy atom. The summed E-state index contributed by atoms with van der Waals surface area (Å²) in [4.78, 5) is 4.92. The summed E-state index contributed by atoms with van der Waals surface area (Å²) in [6, 6.07) is 5.45. The first kappa shape index (κ1) is 13.1. The molecule has 0 amide bonds. The van der Waals surface area contributed by atoms with E-state index in [0.717, 1.165) is 0 Å². The van der Waals surface area contributed by atoms with Crippen molar-refractivity contribution in [2.75, 3.05) is 14.2 Å². The SMILES string of the molecule is COc1cccc(OC)c1-c1nc(Cl)sc1CO. The Kier molecular flexibility index (Phi) is 4.06. The molecule has 96 valence electrons. The van der Waals surface area contributed by atoms with Crippen molar-refractivity contribution in [3.05, 3.63) is 27.5 Å². The molecule has 1 heterocycles. The van der Waals surface area contributed by atoms with Gasteiger partial charge in [0.25, 0.3) is 0 Å². The average molecular weight is 286 g/mol. The topological polar surface area (TPSA) is 51.6 Å². The Bertz CT molecular complexity index is 534. The first-order valence-electron chi connectivity index (χ1n) is 5.18. The van der Waals surface area contributed by atoms with Gasteiger partial charge in [-0.25, -0.2) is 4.98 Å². The number of methoxy groups -OCH3 is 2. The fraction of sp³-hybridized carbons (Fsp3) is 0.250. The summed E-state index contributed by atoms with van der Waals surface area (Å²) < 4.78 is 11.0. The third-order valence-electron chi connectivity index (χ3n) is 2.48. The molecule has 0 fully saturated rings. The summed E-state index contributed by atoms with van der Waals surface area (Å²) in [6.45, 7) is -0.124. The van der Waals surface area contributed by atoms with Crippen molar-refractivity contribution < 1.29 is 14.6 Å². The number of hydrogen-bond acceptors (Lipinski definition) is 5. The zero-order valence-corrected chi connectivity index (χ0v) is 11.5. The minimum atomic E-state index is -0.124. The lowest BCUT2D eigenvalue weighted by Gasteiger charge is -2.12. The van der Waals surface area contributed by atoms with Crippen LogP contribution in [0.15, 0.2) is 18.2 Å². The summed E-state index contributed by atoms with van der Waals surface area (Å²) in [5.74, 6) is 1.26. The van der Waals surface area contributed by atoms with Crippen LogP contribution in [0.3, 0.4) is 0 Å². The number of aliphatic hydroxyl groups is 1. The van der Waals surface area contributed by atoms with Gasteiger partial charge >= 0.3 is 0 Å². The highest BCUT2D eigenvalue weighted by Gasteiger charge is 2.19. The van der Waals surface area contributed by atoms with E-state index in [4.69, 9.17) is 21.1 Å². The van der Waals surface area contributed by atoms with Crippen LogP contribution in [0, 0.1) is 0 Å². The van der Waals surface area contributed by atoms with Crippen LogP contribution in [0.1, 0.15) is 4.88 Å². The maximum atomic E-state index is 9.35. The van der Waals surface area contributed by atoms with E-state index >= 15 is 0 Å². The largest absolute Gasteiger partial charge is 0.496 e. The minimum Gasteiger partial charge on any atom is -0.496 e. The van der Waals surface area contributed by atoms with Crippen LogP contribution in [0.2, 0.25) is 4.47 Å². The first-order valence-corrected chi connectivity index (χ1v) is 6.38. The standard InChI is InChI=1S/C12H12ClNO3S/c1-16-7-4-3-5-8(17-2)10(7)11-9(6-15)18-12(13)14-11/h3-5,15H,6H2,1-2H3. The maximum absolute atomic E-state index is 9.35. The van der Waals surface area contributed by atoms with Crippen molar-refractivity contribution in [1.29, 1.82) is 0 Å². The second-order valence-electron chi connectivity index (χ2n) is 3.43. The summed E-state index contributed by atoms with van der Waals surface area (Å²) in [5, 5.41) is 9.35. The van der Waals surface area contributed by atoms with Gasteiger partial charge in [-0.1, -0.05) is 17.7 Å². The number of ether oxygens (including phenoxy) is 2. The van der Waals surface area contributed by atoms with Gasteiger partial charge in [-0.2, -0.15) is 0 Å². The molecule has 1 N–H and O–H groups in total. The molecule has 1 aromatic heterocycles. The van der Waals surface area contributed by atoms with E-state index < -0.39 is 0 Å². The zero-order chi connectivity index (χ0) is 13.1.